The van der Waals surface area contributed by atoms with Crippen molar-refractivity contribution in [3.8, 4) is 11.8 Å². The predicted molar refractivity (Wildman–Crippen MR) is 90.8 cm³/mol. The number of hydrogen-bond acceptors (Lipinski definition) is 6. The zero-order valence-corrected chi connectivity index (χ0v) is 14.5. The van der Waals surface area contributed by atoms with Crippen molar-refractivity contribution in [1.29, 1.82) is 0 Å². The van der Waals surface area contributed by atoms with E-state index in [-0.39, 0.29) is 17.3 Å². The number of carbonyl (C=O) groups excluding carboxylic acids is 1. The molecule has 0 unspecified atom stereocenters. The Morgan fingerprint density at radius 2 is 1.44 bits per heavy atom. The predicted octanol–water partition coefficient (Wildman–Crippen LogP) is 1.47. The number of carbonyl (C=O) groups is 1. The molecule has 7 nitrogen and oxygen atoms in total. The van der Waals surface area contributed by atoms with Crippen LogP contribution in [0.15, 0.2) is 36.4 Å². The molecule has 8 heteroatoms. The van der Waals surface area contributed by atoms with Gasteiger partial charge in [0.15, 0.2) is 0 Å². The lowest BCUT2D eigenvalue weighted by atomic mass is 9.79. The molecule has 0 saturated carbocycles. The largest absolute Gasteiger partial charge is 0.494 e. The molecule has 2 heterocycles. The summed E-state index contributed by atoms with van der Waals surface area (Å²) in [5, 5.41) is 19.0. The Bertz CT molecular complexity index is 760. The van der Waals surface area contributed by atoms with E-state index in [2.05, 4.69) is 0 Å². The first-order valence-electron chi connectivity index (χ1n) is 7.89. The highest BCUT2D eigenvalue weighted by molar-refractivity contribution is 6.62. The second-order valence-electron chi connectivity index (χ2n) is 6.93. The maximum atomic E-state index is 12.1. The first kappa shape index (κ1) is 17.4. The average molecular weight is 345 g/mol. The fourth-order valence-corrected chi connectivity index (χ4v) is 2.39. The van der Waals surface area contributed by atoms with Gasteiger partial charge in [0, 0.05) is 12.1 Å². The molecule has 2 N–H and O–H groups in total. The third-order valence-electron chi connectivity index (χ3n) is 4.64. The van der Waals surface area contributed by atoms with Crippen molar-refractivity contribution in [3.05, 3.63) is 42.0 Å². The summed E-state index contributed by atoms with van der Waals surface area (Å²) in [5.41, 5.74) is 0.145. The first-order valence-corrected chi connectivity index (χ1v) is 7.89. The molecule has 0 spiro atoms. The van der Waals surface area contributed by atoms with E-state index in [1.807, 2.05) is 27.7 Å². The standard InChI is InChI=1S/C17H20BNO6/c1-16(2)17(3,4)25-18(24-16)12-7-5-11(6-8-12)15(22)23-19-13(20)9-10-14(19)21/h5-10,20-21H,1-4H3. The molecule has 0 radical (unpaired) electrons. The maximum absolute atomic E-state index is 12.1. The van der Waals surface area contributed by atoms with Gasteiger partial charge >= 0.3 is 13.1 Å². The quantitative estimate of drug-likeness (QED) is 0.819. The molecule has 1 fully saturated rings. The van der Waals surface area contributed by atoms with Gasteiger partial charge < -0.3 is 24.4 Å². The third-order valence-corrected chi connectivity index (χ3v) is 4.64. The number of rotatable bonds is 3. The SMILES string of the molecule is CC1(C)OB(c2ccc(C(=O)On3c(O)ccc3O)cc2)OC1(C)C. The average Bonchev–Trinajstić information content (AvgIpc) is 2.96. The van der Waals surface area contributed by atoms with Gasteiger partial charge in [-0.3, -0.25) is 0 Å². The molecule has 1 aromatic carbocycles. The lowest BCUT2D eigenvalue weighted by Gasteiger charge is -2.32. The normalized spacial score (nSPS) is 18.3. The van der Waals surface area contributed by atoms with Gasteiger partial charge in [0.2, 0.25) is 11.8 Å². The lowest BCUT2D eigenvalue weighted by Crippen LogP contribution is -2.41. The smallest absolute Gasteiger partial charge is 0.492 e. The minimum absolute atomic E-state index is 0.257. The fraction of sp³-hybridized carbons (Fsp3) is 0.353. The van der Waals surface area contributed by atoms with Crippen molar-refractivity contribution in [1.82, 2.24) is 4.73 Å². The van der Waals surface area contributed by atoms with Gasteiger partial charge in [0.1, 0.15) is 0 Å². The van der Waals surface area contributed by atoms with Crippen LogP contribution in [0.5, 0.6) is 11.8 Å². The Kier molecular flexibility index (Phi) is 4.05. The van der Waals surface area contributed by atoms with Crippen LogP contribution in [0.3, 0.4) is 0 Å². The summed E-state index contributed by atoms with van der Waals surface area (Å²) in [6.07, 6.45) is 0. The Morgan fingerprint density at radius 3 is 1.92 bits per heavy atom. The van der Waals surface area contributed by atoms with Crippen molar-refractivity contribution in [2.75, 3.05) is 0 Å². The number of aromatic hydroxyl groups is 2. The molecule has 0 amide bonds. The zero-order chi connectivity index (χ0) is 18.4. The van der Waals surface area contributed by atoms with E-state index in [0.717, 1.165) is 5.46 Å². The fourth-order valence-electron chi connectivity index (χ4n) is 2.39. The van der Waals surface area contributed by atoms with Crippen LogP contribution in [0, 0.1) is 0 Å². The van der Waals surface area contributed by atoms with Crippen molar-refractivity contribution in [2.24, 2.45) is 0 Å². The van der Waals surface area contributed by atoms with Gasteiger partial charge in [0.05, 0.1) is 16.8 Å². The highest BCUT2D eigenvalue weighted by atomic mass is 16.7. The molecule has 1 aliphatic heterocycles. The molecular weight excluding hydrogens is 325 g/mol. The molecule has 2 aromatic rings. The lowest BCUT2D eigenvalue weighted by molar-refractivity contribution is 0.00578. The summed E-state index contributed by atoms with van der Waals surface area (Å²) in [7, 11) is -0.521. The van der Waals surface area contributed by atoms with Crippen LogP contribution in [0.25, 0.3) is 0 Å². The van der Waals surface area contributed by atoms with E-state index in [0.29, 0.717) is 4.73 Å². The molecular formula is C17H20BNO6. The van der Waals surface area contributed by atoms with Crippen LogP contribution in [0.2, 0.25) is 0 Å². The van der Waals surface area contributed by atoms with Gasteiger partial charge in [-0.1, -0.05) is 12.1 Å². The van der Waals surface area contributed by atoms with Crippen LogP contribution in [0.4, 0.5) is 0 Å². The van der Waals surface area contributed by atoms with Crippen molar-refractivity contribution >= 4 is 18.6 Å². The van der Waals surface area contributed by atoms with E-state index in [9.17, 15) is 15.0 Å². The number of benzene rings is 1. The molecule has 1 aromatic heterocycles. The molecule has 25 heavy (non-hydrogen) atoms. The molecule has 132 valence electrons. The second kappa shape index (κ2) is 5.82. The van der Waals surface area contributed by atoms with Crippen LogP contribution in [0.1, 0.15) is 38.1 Å². The Morgan fingerprint density at radius 1 is 0.960 bits per heavy atom. The summed E-state index contributed by atoms with van der Waals surface area (Å²) in [5.74, 6) is -1.47. The van der Waals surface area contributed by atoms with Gasteiger partial charge in [0.25, 0.3) is 0 Å². The molecule has 3 rings (SSSR count). The summed E-state index contributed by atoms with van der Waals surface area (Å²) < 4.78 is 12.6. The molecule has 1 aliphatic rings. The van der Waals surface area contributed by atoms with Gasteiger partial charge in [-0.15, -0.1) is 4.73 Å². The van der Waals surface area contributed by atoms with Crippen LogP contribution < -0.4 is 10.3 Å². The summed E-state index contributed by atoms with van der Waals surface area (Å²) >= 11 is 0. The summed E-state index contributed by atoms with van der Waals surface area (Å²) in [6.45, 7) is 7.87. The Hall–Kier alpha value is -2.45. The summed E-state index contributed by atoms with van der Waals surface area (Å²) in [6, 6.07) is 9.00. The van der Waals surface area contributed by atoms with E-state index in [1.54, 1.807) is 24.3 Å². The topological polar surface area (TPSA) is 90.2 Å². The molecule has 1 saturated heterocycles. The van der Waals surface area contributed by atoms with Crippen LogP contribution in [-0.2, 0) is 9.31 Å². The minimum Gasteiger partial charge on any atom is -0.492 e. The Labute approximate surface area is 145 Å². The number of nitrogens with zero attached hydrogens (tertiary/aromatic N) is 1. The summed E-state index contributed by atoms with van der Waals surface area (Å²) in [4.78, 5) is 17.1. The van der Waals surface area contributed by atoms with E-state index < -0.39 is 24.3 Å². The second-order valence-corrected chi connectivity index (χ2v) is 6.93. The van der Waals surface area contributed by atoms with E-state index in [4.69, 9.17) is 14.1 Å². The number of hydrogen-bond donors (Lipinski definition) is 2. The highest BCUT2D eigenvalue weighted by Gasteiger charge is 2.51. The van der Waals surface area contributed by atoms with Gasteiger partial charge in [-0.25, -0.2) is 4.79 Å². The van der Waals surface area contributed by atoms with Crippen molar-refractivity contribution in [3.63, 3.8) is 0 Å². The third kappa shape index (κ3) is 3.10. The van der Waals surface area contributed by atoms with Gasteiger partial charge in [-0.05, 0) is 45.3 Å². The van der Waals surface area contributed by atoms with Crippen molar-refractivity contribution in [2.45, 2.75) is 38.9 Å². The van der Waals surface area contributed by atoms with Crippen LogP contribution in [-0.4, -0.2) is 39.2 Å². The van der Waals surface area contributed by atoms with E-state index >= 15 is 0 Å². The van der Waals surface area contributed by atoms with Gasteiger partial charge in [-0.2, -0.15) is 0 Å². The minimum atomic E-state index is -0.720. The monoisotopic (exact) mass is 345 g/mol. The zero-order valence-electron chi connectivity index (χ0n) is 14.5. The Balaban J connectivity index is 1.74. The number of aromatic nitrogens is 1. The first-order chi connectivity index (χ1) is 11.6. The highest BCUT2D eigenvalue weighted by Crippen LogP contribution is 2.36. The molecule has 0 atom stereocenters. The van der Waals surface area contributed by atoms with Crippen molar-refractivity contribution < 1.29 is 29.2 Å². The molecule has 0 aliphatic carbocycles. The molecule has 0 bridgehead atoms. The van der Waals surface area contributed by atoms with E-state index in [1.165, 1.54) is 12.1 Å². The maximum Gasteiger partial charge on any atom is 0.494 e. The van der Waals surface area contributed by atoms with Crippen LogP contribution >= 0.6 is 0 Å².